The second kappa shape index (κ2) is 9.91. The van der Waals surface area contributed by atoms with Crippen LogP contribution in [-0.4, -0.2) is 40.8 Å². The van der Waals surface area contributed by atoms with Gasteiger partial charge in [0.2, 0.25) is 5.89 Å². The van der Waals surface area contributed by atoms with Crippen LogP contribution in [0.4, 0.5) is 0 Å². The summed E-state index contributed by atoms with van der Waals surface area (Å²) < 4.78 is 10.6. The molecule has 1 atom stereocenters. The van der Waals surface area contributed by atoms with E-state index in [1.807, 2.05) is 26.8 Å². The van der Waals surface area contributed by atoms with E-state index in [2.05, 4.69) is 25.8 Å². The van der Waals surface area contributed by atoms with Gasteiger partial charge < -0.3 is 24.7 Å². The van der Waals surface area contributed by atoms with Crippen LogP contribution in [0.25, 0.3) is 0 Å². The van der Waals surface area contributed by atoms with Gasteiger partial charge in [0, 0.05) is 25.1 Å². The summed E-state index contributed by atoms with van der Waals surface area (Å²) in [4.78, 5) is 8.65. The standard InChI is InChI=1S/C17H27N5O3.HI/c1-6-18-16(19-8-7-15-21-13(4)22-25-15)20-10-17(5,23)14-9-11(2)24-12(14)3;/h9,23H,6-8,10H2,1-5H3,(H2,18,19,20);1H. The van der Waals surface area contributed by atoms with Crippen molar-refractivity contribution in [2.75, 3.05) is 19.6 Å². The number of aliphatic hydroxyl groups is 1. The molecule has 0 aromatic carbocycles. The molecule has 0 aliphatic carbocycles. The Morgan fingerprint density at radius 2 is 2.04 bits per heavy atom. The number of aliphatic imine (C=N–C) groups is 1. The van der Waals surface area contributed by atoms with Crippen molar-refractivity contribution < 1.29 is 14.0 Å². The summed E-state index contributed by atoms with van der Waals surface area (Å²) >= 11 is 0. The largest absolute Gasteiger partial charge is 0.466 e. The van der Waals surface area contributed by atoms with E-state index in [1.54, 1.807) is 13.8 Å². The van der Waals surface area contributed by atoms with Gasteiger partial charge in [-0.25, -0.2) is 4.99 Å². The molecule has 0 bridgehead atoms. The SMILES string of the molecule is CCNC(=NCC(C)(O)c1cc(C)oc1C)NCCc1nc(C)no1.I. The molecule has 0 saturated heterocycles. The lowest BCUT2D eigenvalue weighted by Crippen LogP contribution is -2.39. The third kappa shape index (κ3) is 6.27. The van der Waals surface area contributed by atoms with E-state index < -0.39 is 5.60 Å². The molecule has 26 heavy (non-hydrogen) atoms. The minimum atomic E-state index is -1.10. The number of aromatic nitrogens is 2. The van der Waals surface area contributed by atoms with Crippen LogP contribution in [0.2, 0.25) is 0 Å². The van der Waals surface area contributed by atoms with E-state index in [-0.39, 0.29) is 30.5 Å². The topological polar surface area (TPSA) is 109 Å². The Kier molecular flexibility index (Phi) is 8.54. The molecule has 2 aromatic rings. The molecule has 8 nitrogen and oxygen atoms in total. The Labute approximate surface area is 170 Å². The first-order valence-electron chi connectivity index (χ1n) is 8.43. The lowest BCUT2D eigenvalue weighted by molar-refractivity contribution is 0.0657. The van der Waals surface area contributed by atoms with Crippen molar-refractivity contribution in [3.8, 4) is 0 Å². The number of rotatable bonds is 7. The van der Waals surface area contributed by atoms with Crippen molar-refractivity contribution in [1.82, 2.24) is 20.8 Å². The van der Waals surface area contributed by atoms with Gasteiger partial charge in [-0.15, -0.1) is 24.0 Å². The molecule has 0 spiro atoms. The third-order valence-corrected chi connectivity index (χ3v) is 3.71. The number of nitrogens with zero attached hydrogens (tertiary/aromatic N) is 3. The van der Waals surface area contributed by atoms with Crippen LogP contribution < -0.4 is 10.6 Å². The van der Waals surface area contributed by atoms with Crippen molar-refractivity contribution >= 4 is 29.9 Å². The summed E-state index contributed by atoms with van der Waals surface area (Å²) in [6.07, 6.45) is 0.599. The summed E-state index contributed by atoms with van der Waals surface area (Å²) in [6, 6.07) is 1.85. The van der Waals surface area contributed by atoms with Gasteiger partial charge >= 0.3 is 0 Å². The zero-order chi connectivity index (χ0) is 18.4. The fourth-order valence-electron chi connectivity index (χ4n) is 2.55. The van der Waals surface area contributed by atoms with Crippen LogP contribution >= 0.6 is 24.0 Å². The molecule has 2 rings (SSSR count). The predicted molar refractivity (Wildman–Crippen MR) is 110 cm³/mol. The van der Waals surface area contributed by atoms with Crippen LogP contribution in [0.5, 0.6) is 0 Å². The highest BCUT2D eigenvalue weighted by Gasteiger charge is 2.27. The lowest BCUT2D eigenvalue weighted by Gasteiger charge is -2.21. The first-order chi connectivity index (χ1) is 11.8. The maximum atomic E-state index is 10.7. The highest BCUT2D eigenvalue weighted by molar-refractivity contribution is 14.0. The highest BCUT2D eigenvalue weighted by atomic mass is 127. The number of aryl methyl sites for hydroxylation is 3. The summed E-state index contributed by atoms with van der Waals surface area (Å²) in [6.45, 7) is 10.7. The van der Waals surface area contributed by atoms with Crippen molar-refractivity contribution in [3.63, 3.8) is 0 Å². The van der Waals surface area contributed by atoms with Gasteiger partial charge in [-0.05, 0) is 40.7 Å². The van der Waals surface area contributed by atoms with E-state index in [1.165, 1.54) is 0 Å². The fraction of sp³-hybridized carbons (Fsp3) is 0.588. The number of guanidine groups is 1. The Bertz CT molecular complexity index is 724. The maximum absolute atomic E-state index is 10.7. The summed E-state index contributed by atoms with van der Waals surface area (Å²) in [5.74, 6) is 3.31. The molecule has 0 radical (unpaired) electrons. The highest BCUT2D eigenvalue weighted by Crippen LogP contribution is 2.27. The molecule has 2 aromatic heterocycles. The molecule has 146 valence electrons. The molecule has 9 heteroatoms. The quantitative estimate of drug-likeness (QED) is 0.319. The molecule has 3 N–H and O–H groups in total. The lowest BCUT2D eigenvalue weighted by atomic mass is 9.96. The summed E-state index contributed by atoms with van der Waals surface area (Å²) in [7, 11) is 0. The minimum Gasteiger partial charge on any atom is -0.466 e. The van der Waals surface area contributed by atoms with E-state index >= 15 is 0 Å². The Morgan fingerprint density at radius 1 is 1.31 bits per heavy atom. The molecule has 0 aliphatic heterocycles. The van der Waals surface area contributed by atoms with Crippen LogP contribution in [-0.2, 0) is 12.0 Å². The van der Waals surface area contributed by atoms with Crippen molar-refractivity contribution in [2.24, 2.45) is 4.99 Å². The Balaban J connectivity index is 0.00000338. The van der Waals surface area contributed by atoms with Gasteiger partial charge in [-0.3, -0.25) is 0 Å². The van der Waals surface area contributed by atoms with Gasteiger partial charge in [0.05, 0.1) is 6.54 Å². The monoisotopic (exact) mass is 477 g/mol. The minimum absolute atomic E-state index is 0. The smallest absolute Gasteiger partial charge is 0.228 e. The van der Waals surface area contributed by atoms with E-state index in [4.69, 9.17) is 8.94 Å². The summed E-state index contributed by atoms with van der Waals surface area (Å²) in [5, 5.41) is 20.9. The molecule has 0 saturated carbocycles. The average molecular weight is 477 g/mol. The van der Waals surface area contributed by atoms with Gasteiger partial charge in [-0.1, -0.05) is 5.16 Å². The molecular weight excluding hydrogens is 449 g/mol. The molecule has 0 fully saturated rings. The predicted octanol–water partition coefficient (Wildman–Crippen LogP) is 2.21. The van der Waals surface area contributed by atoms with E-state index in [0.29, 0.717) is 36.4 Å². The van der Waals surface area contributed by atoms with Crippen LogP contribution in [0.15, 0.2) is 20.0 Å². The molecule has 0 amide bonds. The first kappa shape index (κ1) is 22.4. The second-order valence-electron chi connectivity index (χ2n) is 6.21. The van der Waals surface area contributed by atoms with Crippen molar-refractivity contribution in [1.29, 1.82) is 0 Å². The zero-order valence-corrected chi connectivity index (χ0v) is 18.2. The van der Waals surface area contributed by atoms with Gasteiger partial charge in [0.25, 0.3) is 0 Å². The maximum Gasteiger partial charge on any atom is 0.228 e. The first-order valence-corrected chi connectivity index (χ1v) is 8.43. The molecule has 1 unspecified atom stereocenters. The number of furan rings is 1. The number of nitrogens with one attached hydrogen (secondary N) is 2. The summed E-state index contributed by atoms with van der Waals surface area (Å²) in [5.41, 5.74) is -0.348. The van der Waals surface area contributed by atoms with Crippen LogP contribution in [0, 0.1) is 20.8 Å². The van der Waals surface area contributed by atoms with Crippen LogP contribution in [0.1, 0.15) is 42.6 Å². The molecular formula is C17H28IN5O3. The van der Waals surface area contributed by atoms with Crippen LogP contribution in [0.3, 0.4) is 0 Å². The molecule has 0 aliphatic rings. The third-order valence-electron chi connectivity index (χ3n) is 3.71. The second-order valence-corrected chi connectivity index (χ2v) is 6.21. The number of hydrogen-bond donors (Lipinski definition) is 3. The van der Waals surface area contributed by atoms with Gasteiger partial charge in [-0.2, -0.15) is 4.98 Å². The van der Waals surface area contributed by atoms with E-state index in [9.17, 15) is 5.11 Å². The van der Waals surface area contributed by atoms with Gasteiger partial charge in [0.1, 0.15) is 17.1 Å². The van der Waals surface area contributed by atoms with E-state index in [0.717, 1.165) is 17.9 Å². The Morgan fingerprint density at radius 3 is 2.58 bits per heavy atom. The molecule has 2 heterocycles. The normalized spacial score (nSPS) is 13.8. The Hall–Kier alpha value is -1.62. The van der Waals surface area contributed by atoms with Crippen molar-refractivity contribution in [3.05, 3.63) is 34.9 Å². The number of hydrogen-bond acceptors (Lipinski definition) is 6. The van der Waals surface area contributed by atoms with Gasteiger partial charge in [0.15, 0.2) is 11.8 Å². The van der Waals surface area contributed by atoms with Crippen molar-refractivity contribution in [2.45, 2.75) is 46.6 Å². The number of halogens is 1. The fourth-order valence-corrected chi connectivity index (χ4v) is 2.55. The zero-order valence-electron chi connectivity index (χ0n) is 15.9. The average Bonchev–Trinajstić information content (AvgIpc) is 3.10.